The molecule has 0 rings (SSSR count). The molecule has 0 radical (unpaired) electrons. The second-order valence-corrected chi connectivity index (χ2v) is 22.1. The van der Waals surface area contributed by atoms with Crippen LogP contribution in [0, 0.1) is 0 Å². The summed E-state index contributed by atoms with van der Waals surface area (Å²) in [6, 6.07) is -0.635. The highest BCUT2D eigenvalue weighted by Gasteiger charge is 2.18. The molecular formula is C67H125NO5. The number of unbranched alkanes of at least 4 members (excludes halogenated alkanes) is 43. The van der Waals surface area contributed by atoms with E-state index < -0.39 is 12.1 Å². The Hall–Kier alpha value is -2.18. The predicted octanol–water partition coefficient (Wildman–Crippen LogP) is 20.5. The van der Waals surface area contributed by atoms with Gasteiger partial charge in [0.15, 0.2) is 0 Å². The molecule has 0 aliphatic rings. The van der Waals surface area contributed by atoms with Crippen molar-refractivity contribution in [3.63, 3.8) is 0 Å². The number of carbonyl (C=O) groups is 2. The van der Waals surface area contributed by atoms with Gasteiger partial charge in [-0.3, -0.25) is 9.59 Å². The topological polar surface area (TPSA) is 95.9 Å². The smallest absolute Gasteiger partial charge is 0.305 e. The summed E-state index contributed by atoms with van der Waals surface area (Å²) in [6.07, 6.45) is 80.2. The zero-order valence-electron chi connectivity index (χ0n) is 48.9. The minimum absolute atomic E-state index is 0.00608. The maximum Gasteiger partial charge on any atom is 0.305 e. The van der Waals surface area contributed by atoms with Crippen molar-refractivity contribution in [3.8, 4) is 0 Å². The molecule has 0 aliphatic heterocycles. The van der Waals surface area contributed by atoms with Crippen LogP contribution in [0.3, 0.4) is 0 Å². The van der Waals surface area contributed by atoms with Gasteiger partial charge in [-0.15, -0.1) is 0 Å². The molecule has 0 bridgehead atoms. The number of esters is 1. The number of aliphatic hydroxyl groups is 2. The Balaban J connectivity index is 3.46. The van der Waals surface area contributed by atoms with E-state index in [1.165, 1.54) is 257 Å². The minimum atomic E-state index is -0.851. The highest BCUT2D eigenvalue weighted by atomic mass is 16.5. The lowest BCUT2D eigenvalue weighted by atomic mass is 10.0. The molecule has 0 aromatic carbocycles. The molecule has 0 saturated carbocycles. The molecule has 0 saturated heterocycles. The van der Waals surface area contributed by atoms with Crippen LogP contribution in [0.15, 0.2) is 48.6 Å². The van der Waals surface area contributed by atoms with Crippen LogP contribution in [0.4, 0.5) is 0 Å². The minimum Gasteiger partial charge on any atom is -0.466 e. The number of amides is 1. The summed E-state index contributed by atoms with van der Waals surface area (Å²) in [6.45, 7) is 4.85. The number of hydrogen-bond acceptors (Lipinski definition) is 5. The first-order valence-corrected chi connectivity index (χ1v) is 32.4. The summed E-state index contributed by atoms with van der Waals surface area (Å²) in [7, 11) is 0. The van der Waals surface area contributed by atoms with Crippen LogP contribution in [-0.2, 0) is 14.3 Å². The molecular weight excluding hydrogens is 899 g/mol. The third-order valence-corrected chi connectivity index (χ3v) is 14.8. The van der Waals surface area contributed by atoms with Gasteiger partial charge in [0.25, 0.3) is 0 Å². The summed E-state index contributed by atoms with van der Waals surface area (Å²) in [4.78, 5) is 24.5. The molecule has 3 N–H and O–H groups in total. The summed E-state index contributed by atoms with van der Waals surface area (Å²) in [5, 5.41) is 23.2. The Morgan fingerprint density at radius 1 is 0.384 bits per heavy atom. The van der Waals surface area contributed by atoms with Crippen molar-refractivity contribution < 1.29 is 24.5 Å². The molecule has 2 unspecified atom stereocenters. The molecule has 0 aliphatic carbocycles. The Morgan fingerprint density at radius 3 is 1.11 bits per heavy atom. The van der Waals surface area contributed by atoms with Gasteiger partial charge in [0.1, 0.15) is 0 Å². The quantitative estimate of drug-likeness (QED) is 0.0320. The zero-order chi connectivity index (χ0) is 52.9. The van der Waals surface area contributed by atoms with Crippen LogP contribution in [0.1, 0.15) is 341 Å². The maximum atomic E-state index is 12.5. The first-order chi connectivity index (χ1) is 36.0. The van der Waals surface area contributed by atoms with Gasteiger partial charge in [0.05, 0.1) is 25.4 Å². The van der Waals surface area contributed by atoms with E-state index in [4.69, 9.17) is 4.74 Å². The molecule has 0 aromatic heterocycles. The normalized spacial score (nSPS) is 12.9. The third kappa shape index (κ3) is 58.9. The Bertz CT molecular complexity index is 1230. The van der Waals surface area contributed by atoms with Gasteiger partial charge in [0.2, 0.25) is 5.91 Å². The standard InChI is InChI=1S/C67H125NO5/c1-3-5-7-9-11-13-15-17-18-19-20-23-26-29-32-36-39-43-47-51-55-59-65(70)64(63-69)68-66(71)60-56-52-48-44-40-37-33-30-27-24-21-22-25-28-31-34-38-42-46-50-54-58-62-73-67(72)61-57-53-49-45-41-35-16-14-12-10-8-6-4-2/h8,10,14,16,24,27,55,59,64-65,69-70H,3-7,9,11-13,15,17-23,25-26,28-54,56-58,60-63H2,1-2H3,(H,68,71)/b10-8-,16-14-,27-24-,59-55+. The number of aliphatic hydroxyl groups excluding tert-OH is 2. The molecule has 2 atom stereocenters. The fourth-order valence-electron chi connectivity index (χ4n) is 9.84. The van der Waals surface area contributed by atoms with Crippen molar-refractivity contribution in [2.24, 2.45) is 0 Å². The van der Waals surface area contributed by atoms with Crippen LogP contribution in [0.25, 0.3) is 0 Å². The van der Waals surface area contributed by atoms with Crippen molar-refractivity contribution in [1.29, 1.82) is 0 Å². The van der Waals surface area contributed by atoms with Crippen LogP contribution >= 0.6 is 0 Å². The molecule has 0 aromatic rings. The molecule has 1 amide bonds. The number of allylic oxidation sites excluding steroid dienone is 7. The lowest BCUT2D eigenvalue weighted by Gasteiger charge is -2.20. The molecule has 0 fully saturated rings. The van der Waals surface area contributed by atoms with Crippen LogP contribution in [-0.4, -0.2) is 47.4 Å². The van der Waals surface area contributed by atoms with E-state index in [2.05, 4.69) is 55.6 Å². The van der Waals surface area contributed by atoms with Crippen molar-refractivity contribution in [3.05, 3.63) is 48.6 Å². The Kier molecular flexibility index (Phi) is 60.5. The highest BCUT2D eigenvalue weighted by molar-refractivity contribution is 5.76. The fraction of sp³-hybridized carbons (Fsp3) is 0.851. The van der Waals surface area contributed by atoms with Crippen molar-refractivity contribution in [2.45, 2.75) is 353 Å². The number of hydrogen-bond donors (Lipinski definition) is 3. The molecule has 6 nitrogen and oxygen atoms in total. The summed E-state index contributed by atoms with van der Waals surface area (Å²) in [5.41, 5.74) is 0. The van der Waals surface area contributed by atoms with E-state index in [1.807, 2.05) is 6.08 Å². The van der Waals surface area contributed by atoms with Gasteiger partial charge >= 0.3 is 5.97 Å². The molecule has 0 heterocycles. The molecule has 428 valence electrons. The summed E-state index contributed by atoms with van der Waals surface area (Å²) < 4.78 is 5.47. The number of rotatable bonds is 60. The monoisotopic (exact) mass is 1020 g/mol. The fourth-order valence-corrected chi connectivity index (χ4v) is 9.84. The second kappa shape index (κ2) is 62.4. The van der Waals surface area contributed by atoms with Crippen LogP contribution in [0.2, 0.25) is 0 Å². The van der Waals surface area contributed by atoms with E-state index in [0.717, 1.165) is 57.8 Å². The van der Waals surface area contributed by atoms with Gasteiger partial charge in [-0.2, -0.15) is 0 Å². The zero-order valence-corrected chi connectivity index (χ0v) is 48.9. The van der Waals surface area contributed by atoms with Gasteiger partial charge in [-0.05, 0) is 83.5 Å². The number of nitrogens with one attached hydrogen (secondary N) is 1. The maximum absolute atomic E-state index is 12.5. The van der Waals surface area contributed by atoms with Gasteiger partial charge in [-0.1, -0.05) is 294 Å². The van der Waals surface area contributed by atoms with Crippen molar-refractivity contribution >= 4 is 11.9 Å². The first kappa shape index (κ1) is 70.8. The second-order valence-electron chi connectivity index (χ2n) is 22.1. The lowest BCUT2D eigenvalue weighted by Crippen LogP contribution is -2.45. The van der Waals surface area contributed by atoms with Gasteiger partial charge in [-0.25, -0.2) is 0 Å². The highest BCUT2D eigenvalue weighted by Crippen LogP contribution is 2.17. The average Bonchev–Trinajstić information content (AvgIpc) is 3.39. The molecule has 6 heteroatoms. The summed E-state index contributed by atoms with van der Waals surface area (Å²) in [5.74, 6) is -0.0790. The van der Waals surface area contributed by atoms with Gasteiger partial charge in [0, 0.05) is 12.8 Å². The molecule has 73 heavy (non-hydrogen) atoms. The predicted molar refractivity (Wildman–Crippen MR) is 319 cm³/mol. The van der Waals surface area contributed by atoms with E-state index >= 15 is 0 Å². The first-order valence-electron chi connectivity index (χ1n) is 32.4. The average molecular weight is 1020 g/mol. The van der Waals surface area contributed by atoms with Crippen molar-refractivity contribution in [2.75, 3.05) is 13.2 Å². The SMILES string of the molecule is CCC/C=C\C/C=C\CCCCCCCC(=O)OCCCCCCCCCCCCC/C=C\CCCCCCCCCC(=O)NC(CO)C(O)/C=C/CCCCCCCCCCCCCCCCCCCCC. The number of carbonyl (C=O) groups excluding carboxylic acids is 2. The molecule has 0 spiro atoms. The van der Waals surface area contributed by atoms with Crippen LogP contribution < -0.4 is 5.32 Å². The van der Waals surface area contributed by atoms with E-state index in [1.54, 1.807) is 6.08 Å². The van der Waals surface area contributed by atoms with Gasteiger partial charge < -0.3 is 20.3 Å². The van der Waals surface area contributed by atoms with Crippen molar-refractivity contribution in [1.82, 2.24) is 5.32 Å². The largest absolute Gasteiger partial charge is 0.466 e. The number of ether oxygens (including phenoxy) is 1. The third-order valence-electron chi connectivity index (χ3n) is 14.8. The van der Waals surface area contributed by atoms with E-state index in [0.29, 0.717) is 19.4 Å². The van der Waals surface area contributed by atoms with E-state index in [9.17, 15) is 19.8 Å². The summed E-state index contributed by atoms with van der Waals surface area (Å²) >= 11 is 0. The van der Waals surface area contributed by atoms with Crippen LogP contribution in [0.5, 0.6) is 0 Å². The van der Waals surface area contributed by atoms with E-state index in [-0.39, 0.29) is 18.5 Å². The Morgan fingerprint density at radius 2 is 0.712 bits per heavy atom. The lowest BCUT2D eigenvalue weighted by molar-refractivity contribution is -0.143. The Labute approximate surface area is 455 Å².